The zero-order chi connectivity index (χ0) is 8.54. The molecule has 2 nitrogen and oxygen atoms in total. The van der Waals surface area contributed by atoms with Crippen LogP contribution in [0, 0.1) is 29.1 Å². The molecule has 1 rings (SSSR count). The monoisotopic (exact) mass is 149 g/mol. The third kappa shape index (κ3) is 0.914. The highest BCUT2D eigenvalue weighted by Crippen LogP contribution is 2.48. The summed E-state index contributed by atoms with van der Waals surface area (Å²) in [6, 6.07) is 2.11. The van der Waals surface area contributed by atoms with E-state index in [2.05, 4.69) is 12.0 Å². The van der Waals surface area contributed by atoms with E-state index in [1.165, 1.54) is 6.92 Å². The Morgan fingerprint density at radius 2 is 2.18 bits per heavy atom. The van der Waals surface area contributed by atoms with Gasteiger partial charge in [-0.05, 0) is 26.2 Å². The van der Waals surface area contributed by atoms with Gasteiger partial charge >= 0.3 is 0 Å². The lowest BCUT2D eigenvalue weighted by atomic mass is 9.60. The zero-order valence-electron chi connectivity index (χ0n) is 6.59. The molecular weight excluding hydrogens is 138 g/mol. The summed E-state index contributed by atoms with van der Waals surface area (Å²) in [5.74, 6) is 2.27. The van der Waals surface area contributed by atoms with Gasteiger partial charge in [-0.1, -0.05) is 5.92 Å². The maximum Gasteiger partial charge on any atom is 0.140 e. The fourth-order valence-electron chi connectivity index (χ4n) is 1.38. The molecule has 1 atom stereocenters. The van der Waals surface area contributed by atoms with Crippen molar-refractivity contribution in [3.05, 3.63) is 0 Å². The smallest absolute Gasteiger partial charge is 0.140 e. The minimum atomic E-state index is -1.25. The Labute approximate surface area is 66.8 Å². The Morgan fingerprint density at radius 3 is 2.27 bits per heavy atom. The Morgan fingerprint density at radius 1 is 1.64 bits per heavy atom. The van der Waals surface area contributed by atoms with E-state index in [0.29, 0.717) is 0 Å². The van der Waals surface area contributed by atoms with Gasteiger partial charge in [-0.15, -0.1) is 6.42 Å². The lowest BCUT2D eigenvalue weighted by molar-refractivity contribution is -0.0334. The van der Waals surface area contributed by atoms with Crippen LogP contribution in [-0.4, -0.2) is 10.7 Å². The second-order valence-corrected chi connectivity index (χ2v) is 3.26. The molecule has 58 valence electrons. The minimum Gasteiger partial charge on any atom is -0.376 e. The van der Waals surface area contributed by atoms with Gasteiger partial charge in [0.2, 0.25) is 0 Å². The van der Waals surface area contributed by atoms with Crippen LogP contribution in [0.5, 0.6) is 0 Å². The maximum absolute atomic E-state index is 9.63. The molecule has 0 saturated heterocycles. The number of terminal acetylenes is 1. The van der Waals surface area contributed by atoms with Crippen LogP contribution < -0.4 is 0 Å². The van der Waals surface area contributed by atoms with Gasteiger partial charge in [0.25, 0.3) is 0 Å². The predicted octanol–water partition coefficient (Wildman–Crippen LogP) is 1.06. The average molecular weight is 149 g/mol. The summed E-state index contributed by atoms with van der Waals surface area (Å²) in [4.78, 5) is 0. The van der Waals surface area contributed by atoms with E-state index in [0.717, 1.165) is 19.3 Å². The van der Waals surface area contributed by atoms with Gasteiger partial charge in [0, 0.05) is 0 Å². The Balaban J connectivity index is 2.90. The number of hydrogen-bond acceptors (Lipinski definition) is 2. The molecule has 2 heteroatoms. The quantitative estimate of drug-likeness (QED) is 0.566. The highest BCUT2D eigenvalue weighted by molar-refractivity contribution is 5.24. The molecule has 11 heavy (non-hydrogen) atoms. The number of nitrogens with zero attached hydrogens (tertiary/aromatic N) is 1. The SMILES string of the molecule is C#C[C@@](C)(O)C1(C#N)CCC1. The van der Waals surface area contributed by atoms with Crippen LogP contribution in [0.3, 0.4) is 0 Å². The number of nitriles is 1. The van der Waals surface area contributed by atoms with Crippen molar-refractivity contribution in [3.8, 4) is 18.4 Å². The molecule has 0 aromatic carbocycles. The first-order valence-corrected chi connectivity index (χ1v) is 3.69. The van der Waals surface area contributed by atoms with Crippen molar-refractivity contribution in [2.75, 3.05) is 0 Å². The van der Waals surface area contributed by atoms with Crippen LogP contribution >= 0.6 is 0 Å². The molecule has 1 aliphatic rings. The fourth-order valence-corrected chi connectivity index (χ4v) is 1.38. The van der Waals surface area contributed by atoms with E-state index in [-0.39, 0.29) is 0 Å². The first-order valence-electron chi connectivity index (χ1n) is 3.69. The normalized spacial score (nSPS) is 25.5. The maximum atomic E-state index is 9.63. The molecule has 0 heterocycles. The molecule has 0 amide bonds. The molecule has 0 bridgehead atoms. The standard InChI is InChI=1S/C9H11NO/c1-3-8(2,11)9(7-10)5-4-6-9/h1,11H,4-6H2,2H3/t8-/m1/s1. The molecule has 0 spiro atoms. The summed E-state index contributed by atoms with van der Waals surface area (Å²) < 4.78 is 0. The fraction of sp³-hybridized carbons (Fsp3) is 0.667. The van der Waals surface area contributed by atoms with E-state index in [9.17, 15) is 5.11 Å². The molecule has 0 aromatic rings. The van der Waals surface area contributed by atoms with Gasteiger partial charge < -0.3 is 5.11 Å². The molecule has 1 saturated carbocycles. The summed E-state index contributed by atoms with van der Waals surface area (Å²) in [6.45, 7) is 1.54. The van der Waals surface area contributed by atoms with Gasteiger partial charge in [-0.3, -0.25) is 0 Å². The molecule has 0 aromatic heterocycles. The second-order valence-electron chi connectivity index (χ2n) is 3.26. The zero-order valence-corrected chi connectivity index (χ0v) is 6.59. The van der Waals surface area contributed by atoms with Crippen molar-refractivity contribution >= 4 is 0 Å². The Hall–Kier alpha value is -0.990. The van der Waals surface area contributed by atoms with E-state index >= 15 is 0 Å². The van der Waals surface area contributed by atoms with Crippen LogP contribution in [0.2, 0.25) is 0 Å². The van der Waals surface area contributed by atoms with Crippen molar-refractivity contribution in [1.82, 2.24) is 0 Å². The Bertz CT molecular complexity index is 237. The highest BCUT2D eigenvalue weighted by atomic mass is 16.3. The van der Waals surface area contributed by atoms with Crippen LogP contribution in [-0.2, 0) is 0 Å². The first-order chi connectivity index (χ1) is 5.08. The van der Waals surface area contributed by atoms with Gasteiger partial charge in [0.15, 0.2) is 0 Å². The third-order valence-electron chi connectivity index (χ3n) is 2.63. The minimum absolute atomic E-state index is 0.665. The summed E-state index contributed by atoms with van der Waals surface area (Å²) in [6.07, 6.45) is 7.56. The van der Waals surface area contributed by atoms with Crippen LogP contribution in [0.25, 0.3) is 0 Å². The van der Waals surface area contributed by atoms with Gasteiger partial charge in [0.1, 0.15) is 5.60 Å². The number of hydrogen-bond donors (Lipinski definition) is 1. The van der Waals surface area contributed by atoms with Crippen molar-refractivity contribution in [2.24, 2.45) is 5.41 Å². The van der Waals surface area contributed by atoms with E-state index < -0.39 is 11.0 Å². The lowest BCUT2D eigenvalue weighted by Crippen LogP contribution is -2.48. The molecule has 0 unspecified atom stereocenters. The average Bonchev–Trinajstić information content (AvgIpc) is 1.86. The van der Waals surface area contributed by atoms with Crippen molar-refractivity contribution in [3.63, 3.8) is 0 Å². The predicted molar refractivity (Wildman–Crippen MR) is 41.4 cm³/mol. The second kappa shape index (κ2) is 2.26. The van der Waals surface area contributed by atoms with Gasteiger partial charge in [0.05, 0.1) is 11.5 Å². The third-order valence-corrected chi connectivity index (χ3v) is 2.63. The molecule has 0 aliphatic heterocycles. The number of rotatable bonds is 1. The number of aliphatic hydroxyl groups is 1. The molecular formula is C9H11NO. The van der Waals surface area contributed by atoms with Crippen LogP contribution in [0.15, 0.2) is 0 Å². The van der Waals surface area contributed by atoms with Crippen molar-refractivity contribution in [1.29, 1.82) is 5.26 Å². The molecule has 1 N–H and O–H groups in total. The van der Waals surface area contributed by atoms with Crippen molar-refractivity contribution < 1.29 is 5.11 Å². The lowest BCUT2D eigenvalue weighted by Gasteiger charge is -2.43. The van der Waals surface area contributed by atoms with Crippen LogP contribution in [0.4, 0.5) is 0 Å². The van der Waals surface area contributed by atoms with E-state index in [1.807, 2.05) is 0 Å². The largest absolute Gasteiger partial charge is 0.376 e. The summed E-state index contributed by atoms with van der Waals surface area (Å²) >= 11 is 0. The highest BCUT2D eigenvalue weighted by Gasteiger charge is 2.51. The summed E-state index contributed by atoms with van der Waals surface area (Å²) in [5, 5.41) is 18.4. The van der Waals surface area contributed by atoms with Gasteiger partial charge in [-0.2, -0.15) is 5.26 Å². The van der Waals surface area contributed by atoms with Gasteiger partial charge in [-0.25, -0.2) is 0 Å². The van der Waals surface area contributed by atoms with Crippen molar-refractivity contribution in [2.45, 2.75) is 31.8 Å². The van der Waals surface area contributed by atoms with E-state index in [1.54, 1.807) is 0 Å². The molecule has 1 fully saturated rings. The summed E-state index contributed by atoms with van der Waals surface area (Å²) in [5.41, 5.74) is -1.91. The topological polar surface area (TPSA) is 44.0 Å². The molecule has 0 radical (unpaired) electrons. The van der Waals surface area contributed by atoms with E-state index in [4.69, 9.17) is 11.7 Å². The summed E-state index contributed by atoms with van der Waals surface area (Å²) in [7, 11) is 0. The molecule has 1 aliphatic carbocycles. The first kappa shape index (κ1) is 8.11. The van der Waals surface area contributed by atoms with Crippen LogP contribution in [0.1, 0.15) is 26.2 Å². The Kier molecular flexibility index (Phi) is 1.66.